The largest absolute Gasteiger partial charge is 0.497 e. The molecule has 142 valence electrons. The molecule has 3 rings (SSSR count). The zero-order valence-electron chi connectivity index (χ0n) is 15.6. The fourth-order valence-corrected chi connectivity index (χ4v) is 3.37. The number of allylic oxidation sites excluding steroid dienone is 2. The third kappa shape index (κ3) is 3.89. The first-order chi connectivity index (χ1) is 13.1. The van der Waals surface area contributed by atoms with Gasteiger partial charge in [-0.2, -0.15) is 0 Å². The molecule has 0 radical (unpaired) electrons. The number of benzene rings is 1. The number of carbonyl (C=O) groups is 2. The van der Waals surface area contributed by atoms with E-state index in [-0.39, 0.29) is 12.4 Å². The normalized spacial score (nSPS) is 19.4. The molecule has 2 atom stereocenters. The molecule has 1 heterocycles. The summed E-state index contributed by atoms with van der Waals surface area (Å²) in [4.78, 5) is 25.4. The minimum atomic E-state index is -0.916. The van der Waals surface area contributed by atoms with Crippen LogP contribution in [0.15, 0.2) is 47.1 Å². The summed E-state index contributed by atoms with van der Waals surface area (Å²) in [5, 5.41) is 0. The van der Waals surface area contributed by atoms with E-state index >= 15 is 0 Å². The van der Waals surface area contributed by atoms with E-state index in [1.54, 1.807) is 45.6 Å². The van der Waals surface area contributed by atoms with Crippen molar-refractivity contribution < 1.29 is 28.2 Å². The van der Waals surface area contributed by atoms with Gasteiger partial charge in [0.25, 0.3) is 0 Å². The van der Waals surface area contributed by atoms with E-state index < -0.39 is 17.8 Å². The van der Waals surface area contributed by atoms with Crippen molar-refractivity contribution in [2.24, 2.45) is 5.92 Å². The molecular formula is C21H22O6. The number of hydrogen-bond donors (Lipinski definition) is 0. The lowest BCUT2D eigenvalue weighted by molar-refractivity contribution is -0.151. The van der Waals surface area contributed by atoms with Gasteiger partial charge in [-0.05, 0) is 54.8 Å². The molecule has 0 spiro atoms. The molecule has 0 N–H and O–H groups in total. The van der Waals surface area contributed by atoms with Gasteiger partial charge in [0.2, 0.25) is 0 Å². The number of hydrogen-bond acceptors (Lipinski definition) is 6. The lowest BCUT2D eigenvalue weighted by Crippen LogP contribution is -2.34. The van der Waals surface area contributed by atoms with Crippen LogP contribution in [0.2, 0.25) is 0 Å². The molecule has 0 saturated heterocycles. The van der Waals surface area contributed by atoms with Gasteiger partial charge < -0.3 is 18.6 Å². The van der Waals surface area contributed by atoms with Crippen molar-refractivity contribution in [2.75, 3.05) is 20.8 Å². The second kappa shape index (κ2) is 8.12. The highest BCUT2D eigenvalue weighted by atomic mass is 16.5. The van der Waals surface area contributed by atoms with Gasteiger partial charge in [-0.15, -0.1) is 0 Å². The van der Waals surface area contributed by atoms with Crippen LogP contribution >= 0.6 is 0 Å². The Morgan fingerprint density at radius 2 is 1.89 bits per heavy atom. The summed E-state index contributed by atoms with van der Waals surface area (Å²) in [7, 11) is 3.11. The van der Waals surface area contributed by atoms with Crippen molar-refractivity contribution in [1.82, 2.24) is 0 Å². The molecule has 0 amide bonds. The average molecular weight is 370 g/mol. The summed E-state index contributed by atoms with van der Waals surface area (Å²) in [6.45, 7) is 1.93. The molecule has 1 aromatic heterocycles. The van der Waals surface area contributed by atoms with Gasteiger partial charge in [-0.25, -0.2) is 0 Å². The van der Waals surface area contributed by atoms with Gasteiger partial charge in [0, 0.05) is 12.0 Å². The van der Waals surface area contributed by atoms with Crippen LogP contribution < -0.4 is 9.47 Å². The van der Waals surface area contributed by atoms with Gasteiger partial charge >= 0.3 is 5.97 Å². The minimum absolute atomic E-state index is 0.214. The molecule has 0 aliphatic heterocycles. The summed E-state index contributed by atoms with van der Waals surface area (Å²) < 4.78 is 21.3. The highest BCUT2D eigenvalue weighted by molar-refractivity contribution is 6.10. The standard InChI is InChI=1S/C21H22O6/c1-4-26-21(23)20-17(13-8-15(24-2)12-16(9-13)25-3)10-14(11-18(20)22)19-6-5-7-27-19/h5-9,11-12,17,20H,4,10H2,1-3H3. The zero-order chi connectivity index (χ0) is 19.4. The highest BCUT2D eigenvalue weighted by Gasteiger charge is 2.40. The van der Waals surface area contributed by atoms with Crippen molar-refractivity contribution in [3.63, 3.8) is 0 Å². The Kier molecular flexibility index (Phi) is 5.64. The molecule has 27 heavy (non-hydrogen) atoms. The Hall–Kier alpha value is -3.02. The second-order valence-corrected chi connectivity index (χ2v) is 6.24. The fraction of sp³-hybridized carbons (Fsp3) is 0.333. The van der Waals surface area contributed by atoms with Crippen LogP contribution in [0.4, 0.5) is 0 Å². The van der Waals surface area contributed by atoms with Gasteiger partial charge in [0.05, 0.1) is 27.1 Å². The van der Waals surface area contributed by atoms with E-state index in [2.05, 4.69) is 0 Å². The molecule has 0 bridgehead atoms. The molecule has 1 aromatic carbocycles. The molecule has 6 heteroatoms. The van der Waals surface area contributed by atoms with Crippen LogP contribution in [0.5, 0.6) is 11.5 Å². The summed E-state index contributed by atoms with van der Waals surface area (Å²) >= 11 is 0. The van der Waals surface area contributed by atoms with E-state index in [1.807, 2.05) is 12.1 Å². The number of ether oxygens (including phenoxy) is 3. The van der Waals surface area contributed by atoms with Crippen LogP contribution in [0, 0.1) is 5.92 Å². The number of methoxy groups -OCH3 is 2. The van der Waals surface area contributed by atoms with E-state index in [0.29, 0.717) is 23.7 Å². The van der Waals surface area contributed by atoms with Gasteiger partial charge in [0.1, 0.15) is 23.2 Å². The summed E-state index contributed by atoms with van der Waals surface area (Å²) in [6.07, 6.45) is 3.50. The number of furan rings is 1. The first kappa shape index (κ1) is 18.8. The van der Waals surface area contributed by atoms with Crippen molar-refractivity contribution >= 4 is 17.3 Å². The van der Waals surface area contributed by atoms with E-state index in [1.165, 1.54) is 6.08 Å². The smallest absolute Gasteiger partial charge is 0.317 e. The number of rotatable bonds is 6. The Balaban J connectivity index is 2.07. The van der Waals surface area contributed by atoms with Crippen molar-refractivity contribution in [1.29, 1.82) is 0 Å². The molecule has 6 nitrogen and oxygen atoms in total. The predicted octanol–water partition coefficient (Wildman–Crippen LogP) is 3.62. The zero-order valence-corrected chi connectivity index (χ0v) is 15.6. The van der Waals surface area contributed by atoms with Crippen molar-refractivity contribution in [3.8, 4) is 11.5 Å². The quantitative estimate of drug-likeness (QED) is 0.571. The van der Waals surface area contributed by atoms with Crippen LogP contribution in [-0.2, 0) is 14.3 Å². The number of carbonyl (C=O) groups excluding carboxylic acids is 2. The lowest BCUT2D eigenvalue weighted by Gasteiger charge is -2.29. The Bertz CT molecular complexity index is 827. The summed E-state index contributed by atoms with van der Waals surface area (Å²) in [6, 6.07) is 8.95. The molecular weight excluding hydrogens is 348 g/mol. The molecule has 0 fully saturated rings. The molecule has 1 aliphatic rings. The van der Waals surface area contributed by atoms with Gasteiger partial charge in [-0.3, -0.25) is 9.59 Å². The topological polar surface area (TPSA) is 75.0 Å². The third-order valence-corrected chi connectivity index (χ3v) is 4.65. The van der Waals surface area contributed by atoms with Crippen LogP contribution in [0.25, 0.3) is 5.57 Å². The van der Waals surface area contributed by atoms with Crippen LogP contribution in [0.1, 0.15) is 30.6 Å². The monoisotopic (exact) mass is 370 g/mol. The van der Waals surface area contributed by atoms with Crippen molar-refractivity contribution in [3.05, 3.63) is 54.0 Å². The van der Waals surface area contributed by atoms with Crippen LogP contribution in [0.3, 0.4) is 0 Å². The van der Waals surface area contributed by atoms with E-state index in [4.69, 9.17) is 18.6 Å². The maximum atomic E-state index is 12.8. The van der Waals surface area contributed by atoms with Crippen LogP contribution in [-0.4, -0.2) is 32.6 Å². The Morgan fingerprint density at radius 1 is 1.19 bits per heavy atom. The SMILES string of the molecule is CCOC(=O)C1C(=O)C=C(c2ccco2)CC1c1cc(OC)cc(OC)c1. The van der Waals surface area contributed by atoms with Crippen molar-refractivity contribution in [2.45, 2.75) is 19.3 Å². The molecule has 1 aliphatic carbocycles. The third-order valence-electron chi connectivity index (χ3n) is 4.65. The minimum Gasteiger partial charge on any atom is -0.497 e. The number of ketones is 1. The molecule has 0 saturated carbocycles. The van der Waals surface area contributed by atoms with Gasteiger partial charge in [-0.1, -0.05) is 0 Å². The molecule has 2 aromatic rings. The first-order valence-corrected chi connectivity index (χ1v) is 8.75. The maximum Gasteiger partial charge on any atom is 0.317 e. The fourth-order valence-electron chi connectivity index (χ4n) is 3.37. The Labute approximate surface area is 157 Å². The predicted molar refractivity (Wildman–Crippen MR) is 98.7 cm³/mol. The lowest BCUT2D eigenvalue weighted by atomic mass is 9.74. The maximum absolute atomic E-state index is 12.8. The Morgan fingerprint density at radius 3 is 2.44 bits per heavy atom. The average Bonchev–Trinajstić information content (AvgIpc) is 3.21. The van der Waals surface area contributed by atoms with Gasteiger partial charge in [0.15, 0.2) is 5.78 Å². The summed E-state index contributed by atoms with van der Waals surface area (Å²) in [5.41, 5.74) is 1.52. The first-order valence-electron chi connectivity index (χ1n) is 8.75. The second-order valence-electron chi connectivity index (χ2n) is 6.24. The van der Waals surface area contributed by atoms with E-state index in [9.17, 15) is 9.59 Å². The molecule has 2 unspecified atom stereocenters. The number of esters is 1. The summed E-state index contributed by atoms with van der Waals surface area (Å²) in [5.74, 6) is -0.347. The van der Waals surface area contributed by atoms with E-state index in [0.717, 1.165) is 11.1 Å². The highest BCUT2D eigenvalue weighted by Crippen LogP contribution is 2.42.